The molecular formula is C23H39N5O2. The first-order valence-electron chi connectivity index (χ1n) is 11.8. The van der Waals surface area contributed by atoms with Crippen LogP contribution >= 0.6 is 0 Å². The Bertz CT molecular complexity index is 631. The lowest BCUT2D eigenvalue weighted by Gasteiger charge is -2.32. The van der Waals surface area contributed by atoms with E-state index in [2.05, 4.69) is 32.0 Å². The number of rotatable bonds is 9. The van der Waals surface area contributed by atoms with Crippen molar-refractivity contribution in [1.29, 1.82) is 0 Å². The van der Waals surface area contributed by atoms with Crippen molar-refractivity contribution in [2.75, 3.05) is 45.9 Å². The van der Waals surface area contributed by atoms with E-state index in [1.54, 1.807) is 0 Å². The fourth-order valence-corrected chi connectivity index (χ4v) is 4.67. The van der Waals surface area contributed by atoms with Gasteiger partial charge in [0.25, 0.3) is 0 Å². The second-order valence-electron chi connectivity index (χ2n) is 8.79. The van der Waals surface area contributed by atoms with Crippen molar-refractivity contribution in [2.45, 2.75) is 58.4 Å². The molecule has 2 heterocycles. The number of amides is 1. The number of aliphatic hydroxyl groups is 1. The van der Waals surface area contributed by atoms with Gasteiger partial charge in [0.1, 0.15) is 5.82 Å². The summed E-state index contributed by atoms with van der Waals surface area (Å²) in [6.45, 7) is 8.28. The first kappa shape index (κ1) is 23.1. The number of β-amino-alcohol motifs (C(OH)–C–C–N with tert-alkyl or cyclic N) is 1. The molecule has 0 bridgehead atoms. The molecule has 0 aromatic carbocycles. The number of aromatic nitrogens is 2. The van der Waals surface area contributed by atoms with E-state index in [-0.39, 0.29) is 12.5 Å². The van der Waals surface area contributed by atoms with Gasteiger partial charge in [-0.2, -0.15) is 0 Å². The van der Waals surface area contributed by atoms with Gasteiger partial charge in [-0.15, -0.1) is 0 Å². The topological polar surface area (TPSA) is 81.6 Å². The Morgan fingerprint density at radius 1 is 1.13 bits per heavy atom. The van der Waals surface area contributed by atoms with Gasteiger partial charge >= 0.3 is 0 Å². The second kappa shape index (κ2) is 12.3. The van der Waals surface area contributed by atoms with E-state index >= 15 is 0 Å². The van der Waals surface area contributed by atoms with Gasteiger partial charge in [0.2, 0.25) is 5.91 Å². The molecular weight excluding hydrogens is 378 g/mol. The quantitative estimate of drug-likeness (QED) is 0.597. The minimum Gasteiger partial charge on any atom is -0.395 e. The minimum absolute atomic E-state index is 0.199. The third-order valence-electron chi connectivity index (χ3n) is 6.69. The van der Waals surface area contributed by atoms with Crippen LogP contribution in [0.1, 0.15) is 56.8 Å². The van der Waals surface area contributed by atoms with E-state index in [0.717, 1.165) is 96.6 Å². The molecule has 2 N–H and O–H groups in total. The molecule has 168 valence electrons. The molecule has 2 fully saturated rings. The van der Waals surface area contributed by atoms with Crippen molar-refractivity contribution >= 4 is 5.91 Å². The average molecular weight is 418 g/mol. The predicted octanol–water partition coefficient (Wildman–Crippen LogP) is 1.85. The van der Waals surface area contributed by atoms with Gasteiger partial charge in [-0.25, -0.2) is 9.97 Å². The monoisotopic (exact) mass is 417 g/mol. The minimum atomic E-state index is 0.199. The Hall–Kier alpha value is -1.57. The maximum atomic E-state index is 13.0. The predicted molar refractivity (Wildman–Crippen MR) is 118 cm³/mol. The van der Waals surface area contributed by atoms with Crippen LogP contribution in [0.3, 0.4) is 0 Å². The van der Waals surface area contributed by atoms with E-state index in [1.807, 2.05) is 12.4 Å². The molecule has 1 saturated heterocycles. The van der Waals surface area contributed by atoms with Gasteiger partial charge in [0, 0.05) is 44.5 Å². The van der Waals surface area contributed by atoms with Gasteiger partial charge in [-0.3, -0.25) is 9.69 Å². The number of hydrogen-bond donors (Lipinski definition) is 2. The number of aliphatic hydroxyl groups excluding tert-OH is 1. The van der Waals surface area contributed by atoms with Crippen LogP contribution in [0.5, 0.6) is 0 Å². The summed E-state index contributed by atoms with van der Waals surface area (Å²) in [7, 11) is 0. The van der Waals surface area contributed by atoms with Crippen LogP contribution in [-0.2, 0) is 17.8 Å². The Balaban J connectivity index is 1.31. The third kappa shape index (κ3) is 7.00. The van der Waals surface area contributed by atoms with Crippen LogP contribution in [0.25, 0.3) is 0 Å². The van der Waals surface area contributed by atoms with Crippen molar-refractivity contribution < 1.29 is 9.90 Å². The normalized spacial score (nSPS) is 23.3. The van der Waals surface area contributed by atoms with Crippen LogP contribution in [0.15, 0.2) is 12.4 Å². The largest absolute Gasteiger partial charge is 0.395 e. The first-order valence-corrected chi connectivity index (χ1v) is 11.8. The Kier molecular flexibility index (Phi) is 9.49. The number of hydrogen-bond acceptors (Lipinski definition) is 6. The summed E-state index contributed by atoms with van der Waals surface area (Å²) >= 11 is 0. The van der Waals surface area contributed by atoms with Crippen LogP contribution < -0.4 is 5.32 Å². The van der Waals surface area contributed by atoms with E-state index in [0.29, 0.717) is 11.8 Å². The van der Waals surface area contributed by atoms with Crippen molar-refractivity contribution in [1.82, 2.24) is 25.1 Å². The van der Waals surface area contributed by atoms with Crippen LogP contribution in [0.2, 0.25) is 0 Å². The summed E-state index contributed by atoms with van der Waals surface area (Å²) in [5.41, 5.74) is 1.17. The van der Waals surface area contributed by atoms with Crippen molar-refractivity contribution in [3.63, 3.8) is 0 Å². The van der Waals surface area contributed by atoms with Crippen LogP contribution in [-0.4, -0.2) is 76.7 Å². The Labute approximate surface area is 181 Å². The molecule has 7 nitrogen and oxygen atoms in total. The zero-order chi connectivity index (χ0) is 21.2. The molecule has 0 spiro atoms. The van der Waals surface area contributed by atoms with Crippen LogP contribution in [0, 0.1) is 11.8 Å². The van der Waals surface area contributed by atoms with E-state index in [1.165, 1.54) is 5.56 Å². The molecule has 0 atom stereocenters. The summed E-state index contributed by atoms with van der Waals surface area (Å²) in [6.07, 6.45) is 11.3. The molecule has 0 unspecified atom stereocenters. The van der Waals surface area contributed by atoms with Gasteiger partial charge < -0.3 is 15.3 Å². The highest BCUT2D eigenvalue weighted by atomic mass is 16.3. The molecule has 1 aromatic rings. The summed E-state index contributed by atoms with van der Waals surface area (Å²) in [6, 6.07) is 0. The molecule has 1 amide bonds. The number of nitrogens with zero attached hydrogens (tertiary/aromatic N) is 4. The fourth-order valence-electron chi connectivity index (χ4n) is 4.67. The Morgan fingerprint density at radius 3 is 2.60 bits per heavy atom. The molecule has 30 heavy (non-hydrogen) atoms. The summed E-state index contributed by atoms with van der Waals surface area (Å²) in [5.74, 6) is 2.15. The molecule has 7 heteroatoms. The van der Waals surface area contributed by atoms with E-state index in [9.17, 15) is 4.79 Å². The first-order chi connectivity index (χ1) is 14.7. The molecule has 1 saturated carbocycles. The highest BCUT2D eigenvalue weighted by Crippen LogP contribution is 2.32. The fraction of sp³-hybridized carbons (Fsp3) is 0.783. The van der Waals surface area contributed by atoms with Gasteiger partial charge in [0.05, 0.1) is 13.2 Å². The maximum Gasteiger partial charge on any atom is 0.225 e. The highest BCUT2D eigenvalue weighted by molar-refractivity contribution is 5.79. The number of aryl methyl sites for hydroxylation is 1. The van der Waals surface area contributed by atoms with Crippen molar-refractivity contribution in [3.05, 3.63) is 23.8 Å². The lowest BCUT2D eigenvalue weighted by atomic mass is 9.80. The van der Waals surface area contributed by atoms with Crippen molar-refractivity contribution in [2.24, 2.45) is 11.8 Å². The highest BCUT2D eigenvalue weighted by Gasteiger charge is 2.30. The molecule has 2 aliphatic rings. The van der Waals surface area contributed by atoms with Crippen molar-refractivity contribution in [3.8, 4) is 0 Å². The lowest BCUT2D eigenvalue weighted by molar-refractivity contribution is -0.136. The standard InChI is InChI=1S/C23H39N5O2/c1-2-19-16-25-22(26-17-19)18-24-9-8-20-4-6-21(7-5-20)23(30)28-11-3-10-27(12-13-28)14-15-29/h16-17,20-21,24,29H,2-15,18H2,1H3. The molecule has 0 radical (unpaired) electrons. The summed E-state index contributed by atoms with van der Waals surface area (Å²) < 4.78 is 0. The lowest BCUT2D eigenvalue weighted by Crippen LogP contribution is -2.40. The maximum absolute atomic E-state index is 13.0. The zero-order valence-electron chi connectivity index (χ0n) is 18.6. The smallest absolute Gasteiger partial charge is 0.225 e. The number of carbonyl (C=O) groups excluding carboxylic acids is 1. The SMILES string of the molecule is CCc1cnc(CNCCC2CCC(C(=O)N3CCCN(CCO)CC3)CC2)nc1. The van der Waals surface area contributed by atoms with Gasteiger partial charge in [-0.05, 0) is 69.5 Å². The van der Waals surface area contributed by atoms with Gasteiger partial charge in [0.15, 0.2) is 0 Å². The van der Waals surface area contributed by atoms with Gasteiger partial charge in [-0.1, -0.05) is 6.92 Å². The molecule has 1 aliphatic heterocycles. The van der Waals surface area contributed by atoms with E-state index < -0.39 is 0 Å². The number of carbonyl (C=O) groups is 1. The third-order valence-corrected chi connectivity index (χ3v) is 6.69. The summed E-state index contributed by atoms with van der Waals surface area (Å²) in [5, 5.41) is 12.6. The zero-order valence-corrected chi connectivity index (χ0v) is 18.6. The Morgan fingerprint density at radius 2 is 1.90 bits per heavy atom. The molecule has 1 aliphatic carbocycles. The molecule has 1 aromatic heterocycles. The second-order valence-corrected chi connectivity index (χ2v) is 8.79. The molecule has 3 rings (SSSR count). The average Bonchev–Trinajstić information content (AvgIpc) is 3.03. The van der Waals surface area contributed by atoms with Crippen LogP contribution in [0.4, 0.5) is 0 Å². The summed E-state index contributed by atoms with van der Waals surface area (Å²) in [4.78, 5) is 26.1. The van der Waals surface area contributed by atoms with E-state index in [4.69, 9.17) is 5.11 Å². The number of nitrogens with one attached hydrogen (secondary N) is 1.